The van der Waals surface area contributed by atoms with Crippen molar-refractivity contribution in [1.29, 1.82) is 0 Å². The standard InChI is InChI=1S/C13H14FN3O4S/c1-3-17-7-10(6-15-17)22(20,21)16-12-8(2)4-9(14)5-11(12)13(18)19/h4-7,16H,3H2,1-2H3,(H,18,19). The Labute approximate surface area is 126 Å². The molecule has 22 heavy (non-hydrogen) atoms. The zero-order valence-corrected chi connectivity index (χ0v) is 12.7. The summed E-state index contributed by atoms with van der Waals surface area (Å²) in [6.07, 6.45) is 2.48. The van der Waals surface area contributed by atoms with Gasteiger partial charge in [0, 0.05) is 12.7 Å². The monoisotopic (exact) mass is 327 g/mol. The summed E-state index contributed by atoms with van der Waals surface area (Å²) >= 11 is 0. The summed E-state index contributed by atoms with van der Waals surface area (Å²) < 4.78 is 41.5. The van der Waals surface area contributed by atoms with Gasteiger partial charge in [0.1, 0.15) is 10.7 Å². The maximum Gasteiger partial charge on any atom is 0.337 e. The van der Waals surface area contributed by atoms with Crippen molar-refractivity contribution in [1.82, 2.24) is 9.78 Å². The molecule has 0 saturated carbocycles. The van der Waals surface area contributed by atoms with Crippen molar-refractivity contribution in [3.63, 3.8) is 0 Å². The summed E-state index contributed by atoms with van der Waals surface area (Å²) in [6.45, 7) is 3.71. The molecular formula is C13H14FN3O4S. The van der Waals surface area contributed by atoms with Gasteiger partial charge in [0.05, 0.1) is 17.4 Å². The highest BCUT2D eigenvalue weighted by atomic mass is 32.2. The summed E-state index contributed by atoms with van der Waals surface area (Å²) in [5.74, 6) is -2.18. The molecule has 2 aromatic rings. The van der Waals surface area contributed by atoms with Crippen molar-refractivity contribution in [2.75, 3.05) is 4.72 Å². The van der Waals surface area contributed by atoms with E-state index < -0.39 is 27.4 Å². The van der Waals surface area contributed by atoms with Crippen LogP contribution in [0.3, 0.4) is 0 Å². The number of carboxylic acids is 1. The average Bonchev–Trinajstić information content (AvgIpc) is 2.91. The summed E-state index contributed by atoms with van der Waals surface area (Å²) in [5, 5.41) is 13.0. The average molecular weight is 327 g/mol. The molecule has 0 amide bonds. The lowest BCUT2D eigenvalue weighted by molar-refractivity contribution is 0.0697. The van der Waals surface area contributed by atoms with E-state index in [1.807, 2.05) is 0 Å². The van der Waals surface area contributed by atoms with Crippen molar-refractivity contribution >= 4 is 21.7 Å². The van der Waals surface area contributed by atoms with Crippen molar-refractivity contribution in [3.05, 3.63) is 41.5 Å². The van der Waals surface area contributed by atoms with Gasteiger partial charge in [0.15, 0.2) is 0 Å². The van der Waals surface area contributed by atoms with Crippen molar-refractivity contribution in [3.8, 4) is 0 Å². The van der Waals surface area contributed by atoms with Crippen LogP contribution in [0, 0.1) is 12.7 Å². The lowest BCUT2D eigenvalue weighted by Gasteiger charge is -2.12. The fraction of sp³-hybridized carbons (Fsp3) is 0.231. The van der Waals surface area contributed by atoms with Crippen LogP contribution in [0.1, 0.15) is 22.8 Å². The van der Waals surface area contributed by atoms with Crippen molar-refractivity contribution in [2.24, 2.45) is 0 Å². The molecule has 2 N–H and O–H groups in total. The molecule has 7 nitrogen and oxygen atoms in total. The maximum atomic E-state index is 13.3. The number of aromatic nitrogens is 2. The molecule has 0 spiro atoms. The molecule has 2 rings (SSSR count). The molecule has 0 unspecified atom stereocenters. The van der Waals surface area contributed by atoms with E-state index in [2.05, 4.69) is 9.82 Å². The van der Waals surface area contributed by atoms with Crippen LogP contribution in [-0.2, 0) is 16.6 Å². The highest BCUT2D eigenvalue weighted by Gasteiger charge is 2.22. The second-order valence-corrected chi connectivity index (χ2v) is 6.27. The molecule has 0 saturated heterocycles. The van der Waals surface area contributed by atoms with Crippen LogP contribution in [0.2, 0.25) is 0 Å². The van der Waals surface area contributed by atoms with Crippen LogP contribution in [0.25, 0.3) is 0 Å². The second-order valence-electron chi connectivity index (χ2n) is 4.59. The number of aromatic carboxylic acids is 1. The topological polar surface area (TPSA) is 101 Å². The van der Waals surface area contributed by atoms with Gasteiger partial charge >= 0.3 is 5.97 Å². The molecule has 0 fully saturated rings. The molecule has 0 aliphatic rings. The number of sulfonamides is 1. The number of halogens is 1. The predicted octanol–water partition coefficient (Wildman–Crippen LogP) is 1.85. The van der Waals surface area contributed by atoms with Gasteiger partial charge in [0.25, 0.3) is 10.0 Å². The Morgan fingerprint density at radius 1 is 1.45 bits per heavy atom. The third-order valence-electron chi connectivity index (χ3n) is 3.01. The molecule has 1 aromatic carbocycles. The molecule has 0 aliphatic heterocycles. The molecular weight excluding hydrogens is 313 g/mol. The Balaban J connectivity index is 2.48. The summed E-state index contributed by atoms with van der Waals surface area (Å²) in [6, 6.07) is 1.82. The zero-order chi connectivity index (χ0) is 16.5. The number of aryl methyl sites for hydroxylation is 2. The summed E-state index contributed by atoms with van der Waals surface area (Å²) in [5.41, 5.74) is -0.453. The van der Waals surface area contributed by atoms with Crippen LogP contribution in [-0.4, -0.2) is 29.3 Å². The number of hydrogen-bond donors (Lipinski definition) is 2. The molecule has 0 bridgehead atoms. The number of carboxylic acid groups (broad SMARTS) is 1. The third-order valence-corrected chi connectivity index (χ3v) is 4.32. The number of nitrogens with one attached hydrogen (secondary N) is 1. The fourth-order valence-corrected chi connectivity index (χ4v) is 3.00. The lowest BCUT2D eigenvalue weighted by Crippen LogP contribution is -2.16. The largest absolute Gasteiger partial charge is 0.478 e. The summed E-state index contributed by atoms with van der Waals surface area (Å²) in [4.78, 5) is 11.1. The third kappa shape index (κ3) is 3.08. The first kappa shape index (κ1) is 16.0. The second kappa shape index (κ2) is 5.76. The van der Waals surface area contributed by atoms with Gasteiger partial charge in [0.2, 0.25) is 0 Å². The molecule has 118 valence electrons. The summed E-state index contributed by atoms with van der Waals surface area (Å²) in [7, 11) is -4.01. The van der Waals surface area contributed by atoms with E-state index in [4.69, 9.17) is 5.11 Å². The quantitative estimate of drug-likeness (QED) is 0.872. The van der Waals surface area contributed by atoms with Crippen molar-refractivity contribution < 1.29 is 22.7 Å². The van der Waals surface area contributed by atoms with E-state index in [-0.39, 0.29) is 16.1 Å². The van der Waals surface area contributed by atoms with Crippen LogP contribution in [0.5, 0.6) is 0 Å². The number of carbonyl (C=O) groups is 1. The van der Waals surface area contributed by atoms with Gasteiger partial charge in [-0.3, -0.25) is 9.40 Å². The maximum absolute atomic E-state index is 13.3. The minimum Gasteiger partial charge on any atom is -0.478 e. The van der Waals surface area contributed by atoms with Crippen LogP contribution >= 0.6 is 0 Å². The molecule has 1 aromatic heterocycles. The van der Waals surface area contributed by atoms with Gasteiger partial charge in [-0.05, 0) is 31.5 Å². The number of anilines is 1. The van der Waals surface area contributed by atoms with E-state index in [1.165, 1.54) is 17.8 Å². The van der Waals surface area contributed by atoms with Crippen LogP contribution in [0.15, 0.2) is 29.4 Å². The first-order valence-corrected chi connectivity index (χ1v) is 7.81. The minimum absolute atomic E-state index is 0.102. The van der Waals surface area contributed by atoms with Gasteiger partial charge < -0.3 is 5.11 Å². The molecule has 1 heterocycles. The van der Waals surface area contributed by atoms with E-state index in [1.54, 1.807) is 6.92 Å². The zero-order valence-electron chi connectivity index (χ0n) is 11.9. The van der Waals surface area contributed by atoms with E-state index in [0.29, 0.717) is 6.54 Å². The molecule has 0 radical (unpaired) electrons. The Bertz CT molecular complexity index is 830. The van der Waals surface area contributed by atoms with Gasteiger partial charge in [-0.15, -0.1) is 0 Å². The lowest BCUT2D eigenvalue weighted by atomic mass is 10.1. The highest BCUT2D eigenvalue weighted by molar-refractivity contribution is 7.92. The Morgan fingerprint density at radius 2 is 2.14 bits per heavy atom. The number of rotatable bonds is 5. The van der Waals surface area contributed by atoms with Crippen molar-refractivity contribution in [2.45, 2.75) is 25.3 Å². The van der Waals surface area contributed by atoms with Gasteiger partial charge in [-0.25, -0.2) is 17.6 Å². The minimum atomic E-state index is -4.01. The Hall–Kier alpha value is -2.42. The van der Waals surface area contributed by atoms with E-state index in [9.17, 15) is 17.6 Å². The highest BCUT2D eigenvalue weighted by Crippen LogP contribution is 2.25. The number of benzene rings is 1. The van der Waals surface area contributed by atoms with Crippen LogP contribution in [0.4, 0.5) is 10.1 Å². The number of hydrogen-bond acceptors (Lipinski definition) is 4. The van der Waals surface area contributed by atoms with E-state index >= 15 is 0 Å². The van der Waals surface area contributed by atoms with Gasteiger partial charge in [-0.2, -0.15) is 5.10 Å². The Kier molecular flexibility index (Phi) is 4.18. The SMILES string of the molecule is CCn1cc(S(=O)(=O)Nc2c(C)cc(F)cc2C(=O)O)cn1. The number of nitrogens with zero attached hydrogens (tertiary/aromatic N) is 2. The fourth-order valence-electron chi connectivity index (χ4n) is 1.90. The first-order valence-electron chi connectivity index (χ1n) is 6.33. The van der Waals surface area contributed by atoms with Gasteiger partial charge in [-0.1, -0.05) is 0 Å². The molecule has 0 aliphatic carbocycles. The predicted molar refractivity (Wildman–Crippen MR) is 76.8 cm³/mol. The van der Waals surface area contributed by atoms with E-state index in [0.717, 1.165) is 18.3 Å². The normalized spacial score (nSPS) is 11.4. The molecule has 9 heteroatoms. The molecule has 0 atom stereocenters. The Morgan fingerprint density at radius 3 is 2.68 bits per heavy atom. The smallest absolute Gasteiger partial charge is 0.337 e. The first-order chi connectivity index (χ1) is 10.2. The van der Waals surface area contributed by atoms with Crippen LogP contribution < -0.4 is 4.72 Å².